The van der Waals surface area contributed by atoms with Crippen LogP contribution in [0, 0.1) is 22.0 Å². The number of aliphatic hydroxyl groups is 2. The molecular weight excluding hydrogens is 430 g/mol. The molecule has 0 aromatic heterocycles. The Bertz CT molecular complexity index is 919. The normalized spacial score (nSPS) is 26.8. The molecule has 6 nitrogen and oxygen atoms in total. The molecule has 2 aromatic rings. The Kier molecular flexibility index (Phi) is 9.36. The Hall–Kier alpha value is -2.57. The molecule has 0 spiro atoms. The number of nitrogens with zero attached hydrogens (tertiary/aromatic N) is 1. The zero-order valence-electron chi connectivity index (χ0n) is 20.0. The van der Waals surface area contributed by atoms with Crippen molar-refractivity contribution in [3.63, 3.8) is 0 Å². The molecule has 2 aromatic carbocycles. The predicted octanol–water partition coefficient (Wildman–Crippen LogP) is 5.54. The van der Waals surface area contributed by atoms with Gasteiger partial charge in [0.1, 0.15) is 6.10 Å². The molecule has 0 amide bonds. The van der Waals surface area contributed by atoms with Crippen molar-refractivity contribution in [3.05, 3.63) is 81.9 Å². The van der Waals surface area contributed by atoms with E-state index in [1.54, 1.807) is 60.7 Å². The molecule has 0 heterocycles. The van der Waals surface area contributed by atoms with E-state index in [1.165, 1.54) is 25.7 Å². The number of hydrogen-bond donors (Lipinski definition) is 2. The molecule has 0 unspecified atom stereocenters. The first kappa shape index (κ1) is 26.0. The van der Waals surface area contributed by atoms with Gasteiger partial charge in [-0.2, -0.15) is 0 Å². The van der Waals surface area contributed by atoms with Crippen molar-refractivity contribution >= 4 is 5.78 Å². The molecule has 1 aliphatic rings. The van der Waals surface area contributed by atoms with Gasteiger partial charge >= 0.3 is 0 Å². The van der Waals surface area contributed by atoms with Crippen LogP contribution in [0.1, 0.15) is 80.6 Å². The highest BCUT2D eigenvalue weighted by Gasteiger charge is 2.63. The average Bonchev–Trinajstić information content (AvgIpc) is 2.84. The number of Topliss-reactive ketones (excluding diaryl/α,β-unsaturated/α-hetero) is 1. The van der Waals surface area contributed by atoms with Crippen LogP contribution in [0.2, 0.25) is 0 Å². The minimum absolute atomic E-state index is 0.125. The van der Waals surface area contributed by atoms with E-state index in [0.29, 0.717) is 17.5 Å². The van der Waals surface area contributed by atoms with E-state index in [4.69, 9.17) is 0 Å². The third-order valence-electron chi connectivity index (χ3n) is 7.29. The van der Waals surface area contributed by atoms with Crippen LogP contribution >= 0.6 is 0 Å². The number of hydrogen-bond acceptors (Lipinski definition) is 5. The summed E-state index contributed by atoms with van der Waals surface area (Å²) in [5.41, 5.74) is -1.39. The lowest BCUT2D eigenvalue weighted by molar-refractivity contribution is -0.568. The monoisotopic (exact) mass is 467 g/mol. The topological polar surface area (TPSA) is 101 Å². The molecule has 0 radical (unpaired) electrons. The zero-order valence-corrected chi connectivity index (χ0v) is 20.0. The second kappa shape index (κ2) is 12.2. The maximum Gasteiger partial charge on any atom is 0.271 e. The molecule has 0 bridgehead atoms. The van der Waals surface area contributed by atoms with Gasteiger partial charge in [-0.05, 0) is 24.3 Å². The highest BCUT2D eigenvalue weighted by Crippen LogP contribution is 2.49. The second-order valence-electron chi connectivity index (χ2n) is 9.60. The van der Waals surface area contributed by atoms with Crippen LogP contribution < -0.4 is 0 Å². The minimum Gasteiger partial charge on any atom is -0.386 e. The lowest BCUT2D eigenvalue weighted by atomic mass is 9.59. The first-order chi connectivity index (χ1) is 16.4. The Morgan fingerprint density at radius 1 is 0.971 bits per heavy atom. The highest BCUT2D eigenvalue weighted by molar-refractivity contribution is 5.99. The summed E-state index contributed by atoms with van der Waals surface area (Å²) in [6, 6.07) is 15.4. The number of aliphatic hydroxyl groups excluding tert-OH is 1. The van der Waals surface area contributed by atoms with Gasteiger partial charge < -0.3 is 10.2 Å². The second-order valence-corrected chi connectivity index (χ2v) is 9.60. The van der Waals surface area contributed by atoms with Crippen molar-refractivity contribution in [2.24, 2.45) is 11.8 Å². The third kappa shape index (κ3) is 5.73. The van der Waals surface area contributed by atoms with Gasteiger partial charge in [0, 0.05) is 10.5 Å². The van der Waals surface area contributed by atoms with Gasteiger partial charge in [0.05, 0.1) is 5.92 Å². The summed E-state index contributed by atoms with van der Waals surface area (Å²) in [4.78, 5) is 25.3. The Balaban J connectivity index is 1.94. The van der Waals surface area contributed by atoms with Crippen LogP contribution in [0.3, 0.4) is 0 Å². The van der Waals surface area contributed by atoms with Gasteiger partial charge in [0.25, 0.3) is 6.04 Å². The van der Waals surface area contributed by atoms with E-state index >= 15 is 0 Å². The van der Waals surface area contributed by atoms with Crippen LogP contribution in [0.5, 0.6) is 0 Å². The Morgan fingerprint density at radius 2 is 1.53 bits per heavy atom. The number of benzene rings is 2. The number of nitro groups is 1. The highest BCUT2D eigenvalue weighted by atomic mass is 16.6. The molecule has 2 N–H and O–H groups in total. The fourth-order valence-electron chi connectivity index (χ4n) is 5.61. The lowest BCUT2D eigenvalue weighted by Gasteiger charge is -2.47. The van der Waals surface area contributed by atoms with Crippen molar-refractivity contribution in [1.82, 2.24) is 0 Å². The van der Waals surface area contributed by atoms with Crippen molar-refractivity contribution in [2.75, 3.05) is 0 Å². The fraction of sp³-hybridized carbons (Fsp3) is 0.536. The molecule has 0 aliphatic heterocycles. The number of ketones is 1. The quantitative estimate of drug-likeness (QED) is 0.185. The van der Waals surface area contributed by atoms with E-state index in [0.717, 1.165) is 19.3 Å². The van der Waals surface area contributed by atoms with Crippen molar-refractivity contribution < 1.29 is 19.9 Å². The van der Waals surface area contributed by atoms with Gasteiger partial charge in [-0.3, -0.25) is 14.9 Å². The van der Waals surface area contributed by atoms with Gasteiger partial charge in [-0.25, -0.2) is 0 Å². The first-order valence-electron chi connectivity index (χ1n) is 12.6. The van der Waals surface area contributed by atoms with E-state index in [2.05, 4.69) is 6.92 Å². The van der Waals surface area contributed by atoms with Crippen LogP contribution in [0.4, 0.5) is 0 Å². The van der Waals surface area contributed by atoms with Crippen molar-refractivity contribution in [2.45, 2.75) is 82.5 Å². The molecule has 1 fully saturated rings. The van der Waals surface area contributed by atoms with Crippen LogP contribution in [0.25, 0.3) is 0 Å². The number of rotatable bonds is 12. The molecule has 34 heavy (non-hydrogen) atoms. The summed E-state index contributed by atoms with van der Waals surface area (Å²) in [6.45, 7) is 2.18. The van der Waals surface area contributed by atoms with E-state index in [1.807, 2.05) is 0 Å². The standard InChI is InChI=1S/C28H37NO5/c1-2-3-4-5-6-7-10-17-22-20-24(30)27(29(33)34)28(32,23-18-13-9-14-19-23)25(22)26(31)21-15-11-8-12-16-21/h8-9,11-16,18-19,22,24-25,27,30,32H,2-7,10,17,20H2,1H3/t22-,24+,25-,27-,28+/m1/s1. The molecule has 184 valence electrons. The van der Waals surface area contributed by atoms with Crippen molar-refractivity contribution in [1.29, 1.82) is 0 Å². The van der Waals surface area contributed by atoms with Crippen LogP contribution in [-0.2, 0) is 5.60 Å². The summed E-state index contributed by atoms with van der Waals surface area (Å²) in [7, 11) is 0. The number of unbranched alkanes of at least 4 members (excludes halogenated alkanes) is 6. The summed E-state index contributed by atoms with van der Waals surface area (Å²) in [5, 5.41) is 35.1. The van der Waals surface area contributed by atoms with Crippen LogP contribution in [-0.4, -0.2) is 33.1 Å². The zero-order chi connectivity index (χ0) is 24.6. The van der Waals surface area contributed by atoms with Crippen LogP contribution in [0.15, 0.2) is 60.7 Å². The summed E-state index contributed by atoms with van der Waals surface area (Å²) >= 11 is 0. The molecule has 6 heteroatoms. The molecule has 1 aliphatic carbocycles. The summed E-state index contributed by atoms with van der Waals surface area (Å²) in [5.74, 6) is -1.69. The van der Waals surface area contributed by atoms with Crippen molar-refractivity contribution in [3.8, 4) is 0 Å². The van der Waals surface area contributed by atoms with E-state index in [-0.39, 0.29) is 18.1 Å². The number of carbonyl (C=O) groups excluding carboxylic acids is 1. The number of carbonyl (C=O) groups is 1. The smallest absolute Gasteiger partial charge is 0.271 e. The maximum atomic E-state index is 13.8. The Morgan fingerprint density at radius 3 is 2.12 bits per heavy atom. The molecule has 5 atom stereocenters. The van der Waals surface area contributed by atoms with Gasteiger partial charge in [0.2, 0.25) is 0 Å². The molecule has 1 saturated carbocycles. The lowest BCUT2D eigenvalue weighted by Crippen LogP contribution is -2.63. The van der Waals surface area contributed by atoms with Gasteiger partial charge in [-0.1, -0.05) is 113 Å². The predicted molar refractivity (Wildman–Crippen MR) is 132 cm³/mol. The minimum atomic E-state index is -2.11. The fourth-order valence-corrected chi connectivity index (χ4v) is 5.61. The maximum absolute atomic E-state index is 13.8. The largest absolute Gasteiger partial charge is 0.386 e. The SMILES string of the molecule is CCCCCCCCC[C@@H]1C[C@H](O)[C@@H]([N+](=O)[O-])[C@](O)(c2ccccc2)[C@H]1C(=O)c1ccccc1. The Labute approximate surface area is 202 Å². The molecule has 0 saturated heterocycles. The van der Waals surface area contributed by atoms with E-state index < -0.39 is 28.6 Å². The van der Waals surface area contributed by atoms with Gasteiger partial charge in [-0.15, -0.1) is 0 Å². The first-order valence-corrected chi connectivity index (χ1v) is 12.6. The third-order valence-corrected chi connectivity index (χ3v) is 7.29. The molecule has 3 rings (SSSR count). The molecular formula is C28H37NO5. The van der Waals surface area contributed by atoms with Gasteiger partial charge in [0.15, 0.2) is 11.4 Å². The summed E-state index contributed by atoms with van der Waals surface area (Å²) in [6.07, 6.45) is 7.20. The van der Waals surface area contributed by atoms with E-state index in [9.17, 15) is 25.1 Å². The average molecular weight is 468 g/mol. The summed E-state index contributed by atoms with van der Waals surface area (Å²) < 4.78 is 0.